The number of oxazole rings is 1. The standard InChI is InChI=1S/C16H9NO3S/c18-15-9-14(10-5-1-3-7-12(10)19-15)21-16-17-11-6-2-4-8-13(11)20-16/h1-9H. The van der Waals surface area contributed by atoms with Crippen LogP contribution < -0.4 is 5.63 Å². The van der Waals surface area contributed by atoms with Gasteiger partial charge in [-0.1, -0.05) is 30.3 Å². The lowest BCUT2D eigenvalue weighted by atomic mass is 10.2. The Hall–Kier alpha value is -2.53. The van der Waals surface area contributed by atoms with E-state index in [0.717, 1.165) is 21.4 Å². The number of nitrogens with zero attached hydrogens (tertiary/aromatic N) is 1. The average molecular weight is 295 g/mol. The van der Waals surface area contributed by atoms with Crippen molar-refractivity contribution in [2.24, 2.45) is 0 Å². The number of hydrogen-bond donors (Lipinski definition) is 0. The Labute approximate surface area is 123 Å². The lowest BCUT2D eigenvalue weighted by molar-refractivity contribution is 0.489. The minimum absolute atomic E-state index is 0.382. The zero-order valence-corrected chi connectivity index (χ0v) is 11.6. The second-order valence-corrected chi connectivity index (χ2v) is 5.47. The molecule has 0 aliphatic rings. The Morgan fingerprint density at radius 1 is 0.905 bits per heavy atom. The van der Waals surface area contributed by atoms with Crippen molar-refractivity contribution >= 4 is 33.8 Å². The summed E-state index contributed by atoms with van der Waals surface area (Å²) in [6.07, 6.45) is 0. The smallest absolute Gasteiger partial charge is 0.337 e. The van der Waals surface area contributed by atoms with Gasteiger partial charge in [-0.05, 0) is 30.0 Å². The fraction of sp³-hybridized carbons (Fsp3) is 0. The van der Waals surface area contributed by atoms with E-state index in [1.807, 2.05) is 42.5 Å². The van der Waals surface area contributed by atoms with Crippen LogP contribution in [-0.2, 0) is 0 Å². The molecule has 0 N–H and O–H groups in total. The maximum Gasteiger partial charge on any atom is 0.337 e. The maximum absolute atomic E-state index is 11.6. The highest BCUT2D eigenvalue weighted by atomic mass is 32.2. The molecule has 0 aliphatic heterocycles. The molecule has 2 aromatic carbocycles. The van der Waals surface area contributed by atoms with Crippen LogP contribution >= 0.6 is 11.8 Å². The van der Waals surface area contributed by atoms with E-state index in [1.54, 1.807) is 6.07 Å². The van der Waals surface area contributed by atoms with Crippen molar-refractivity contribution in [1.29, 1.82) is 0 Å². The zero-order chi connectivity index (χ0) is 14.2. The van der Waals surface area contributed by atoms with Gasteiger partial charge in [-0.2, -0.15) is 0 Å². The third-order valence-electron chi connectivity index (χ3n) is 3.08. The SMILES string of the molecule is O=c1cc(Sc2nc3ccccc3o2)c2ccccc2o1. The Morgan fingerprint density at radius 3 is 2.52 bits per heavy atom. The van der Waals surface area contributed by atoms with E-state index >= 15 is 0 Å². The number of hydrogen-bond acceptors (Lipinski definition) is 5. The molecule has 0 saturated heterocycles. The first-order valence-corrected chi connectivity index (χ1v) is 7.17. The maximum atomic E-state index is 11.6. The van der Waals surface area contributed by atoms with Crippen molar-refractivity contribution in [2.45, 2.75) is 10.1 Å². The summed E-state index contributed by atoms with van der Waals surface area (Å²) in [5.41, 5.74) is 1.70. The molecular formula is C16H9NO3S. The van der Waals surface area contributed by atoms with Crippen LogP contribution in [-0.4, -0.2) is 4.98 Å². The molecule has 4 aromatic rings. The Bertz CT molecular complexity index is 970. The van der Waals surface area contributed by atoms with Gasteiger partial charge in [0.05, 0.1) is 0 Å². The number of aromatic nitrogens is 1. The van der Waals surface area contributed by atoms with E-state index in [1.165, 1.54) is 17.8 Å². The number of fused-ring (bicyclic) bond motifs is 2. The Morgan fingerprint density at radius 2 is 1.67 bits per heavy atom. The van der Waals surface area contributed by atoms with Gasteiger partial charge in [0.15, 0.2) is 5.58 Å². The van der Waals surface area contributed by atoms with Gasteiger partial charge in [-0.3, -0.25) is 0 Å². The van der Waals surface area contributed by atoms with E-state index < -0.39 is 0 Å². The van der Waals surface area contributed by atoms with Gasteiger partial charge in [0.1, 0.15) is 11.1 Å². The fourth-order valence-corrected chi connectivity index (χ4v) is 3.05. The third-order valence-corrected chi connectivity index (χ3v) is 3.99. The van der Waals surface area contributed by atoms with Crippen LogP contribution in [0.4, 0.5) is 0 Å². The molecule has 102 valence electrons. The second-order valence-electron chi connectivity index (χ2n) is 4.48. The summed E-state index contributed by atoms with van der Waals surface area (Å²) in [7, 11) is 0. The predicted molar refractivity (Wildman–Crippen MR) is 80.6 cm³/mol. The molecule has 0 fully saturated rings. The number of benzene rings is 2. The quantitative estimate of drug-likeness (QED) is 0.521. The largest absolute Gasteiger partial charge is 0.431 e. The van der Waals surface area contributed by atoms with Gasteiger partial charge in [0.25, 0.3) is 5.22 Å². The molecule has 4 rings (SSSR count). The summed E-state index contributed by atoms with van der Waals surface area (Å²) < 4.78 is 10.9. The molecule has 0 unspecified atom stereocenters. The van der Waals surface area contributed by atoms with Gasteiger partial charge in [-0.15, -0.1) is 0 Å². The van der Waals surface area contributed by atoms with Crippen molar-refractivity contribution in [3.05, 3.63) is 65.0 Å². The van der Waals surface area contributed by atoms with Gasteiger partial charge in [0.2, 0.25) is 0 Å². The summed E-state index contributed by atoms with van der Waals surface area (Å²) in [5, 5.41) is 1.37. The van der Waals surface area contributed by atoms with E-state index in [0.29, 0.717) is 10.8 Å². The second kappa shape index (κ2) is 4.79. The lowest BCUT2D eigenvalue weighted by Gasteiger charge is -2.01. The van der Waals surface area contributed by atoms with Crippen LogP contribution in [0.3, 0.4) is 0 Å². The zero-order valence-electron chi connectivity index (χ0n) is 10.8. The highest BCUT2D eigenvalue weighted by molar-refractivity contribution is 7.99. The topological polar surface area (TPSA) is 56.2 Å². The minimum Gasteiger partial charge on any atom is -0.431 e. The van der Waals surface area contributed by atoms with Crippen LogP contribution in [0.15, 0.2) is 78.3 Å². The summed E-state index contributed by atoms with van der Waals surface area (Å²) in [6.45, 7) is 0. The van der Waals surface area contributed by atoms with Crippen molar-refractivity contribution in [3.8, 4) is 0 Å². The molecule has 0 bridgehead atoms. The van der Waals surface area contributed by atoms with Crippen LogP contribution in [0.5, 0.6) is 0 Å². The highest BCUT2D eigenvalue weighted by Crippen LogP contribution is 2.33. The summed E-state index contributed by atoms with van der Waals surface area (Å²) in [4.78, 5) is 16.8. The molecule has 4 nitrogen and oxygen atoms in total. The molecule has 0 aliphatic carbocycles. The molecule has 5 heteroatoms. The van der Waals surface area contributed by atoms with Crippen LogP contribution in [0.25, 0.3) is 22.1 Å². The number of para-hydroxylation sites is 3. The molecule has 0 amide bonds. The van der Waals surface area contributed by atoms with E-state index in [-0.39, 0.29) is 5.63 Å². The van der Waals surface area contributed by atoms with Gasteiger partial charge in [0, 0.05) is 16.3 Å². The molecule has 0 spiro atoms. The summed E-state index contributed by atoms with van der Waals surface area (Å²) in [5.74, 6) is 0. The molecule has 21 heavy (non-hydrogen) atoms. The molecule has 0 radical (unpaired) electrons. The monoisotopic (exact) mass is 295 g/mol. The molecule has 2 aromatic heterocycles. The van der Waals surface area contributed by atoms with Gasteiger partial charge in [-0.25, -0.2) is 9.78 Å². The first-order valence-electron chi connectivity index (χ1n) is 6.36. The van der Waals surface area contributed by atoms with Crippen LogP contribution in [0.1, 0.15) is 0 Å². The van der Waals surface area contributed by atoms with Crippen LogP contribution in [0.2, 0.25) is 0 Å². The van der Waals surface area contributed by atoms with Crippen molar-refractivity contribution in [2.75, 3.05) is 0 Å². The molecule has 2 heterocycles. The minimum atomic E-state index is -0.382. The van der Waals surface area contributed by atoms with Crippen molar-refractivity contribution in [3.63, 3.8) is 0 Å². The Balaban J connectivity index is 1.85. The highest BCUT2D eigenvalue weighted by Gasteiger charge is 2.11. The average Bonchev–Trinajstić information content (AvgIpc) is 2.89. The first-order chi connectivity index (χ1) is 10.3. The van der Waals surface area contributed by atoms with E-state index in [9.17, 15) is 4.79 Å². The van der Waals surface area contributed by atoms with Gasteiger partial charge >= 0.3 is 5.63 Å². The summed E-state index contributed by atoms with van der Waals surface area (Å²) in [6, 6.07) is 16.4. The predicted octanol–water partition coefficient (Wildman–Crippen LogP) is 4.09. The van der Waals surface area contributed by atoms with Crippen molar-refractivity contribution < 1.29 is 8.83 Å². The first kappa shape index (κ1) is 12.2. The molecule has 0 saturated carbocycles. The lowest BCUT2D eigenvalue weighted by Crippen LogP contribution is -1.97. The fourth-order valence-electron chi connectivity index (χ4n) is 2.16. The third kappa shape index (κ3) is 2.21. The molecular weight excluding hydrogens is 286 g/mol. The van der Waals surface area contributed by atoms with E-state index in [2.05, 4.69) is 4.98 Å². The normalized spacial score (nSPS) is 11.2. The molecule has 0 atom stereocenters. The van der Waals surface area contributed by atoms with Crippen LogP contribution in [0, 0.1) is 0 Å². The van der Waals surface area contributed by atoms with E-state index in [4.69, 9.17) is 8.83 Å². The number of rotatable bonds is 2. The Kier molecular flexibility index (Phi) is 2.79. The van der Waals surface area contributed by atoms with Crippen molar-refractivity contribution in [1.82, 2.24) is 4.98 Å². The summed E-state index contributed by atoms with van der Waals surface area (Å²) >= 11 is 1.32. The van der Waals surface area contributed by atoms with Gasteiger partial charge < -0.3 is 8.83 Å².